The number of halogens is 2. The molecule has 0 spiro atoms. The summed E-state index contributed by atoms with van der Waals surface area (Å²) in [7, 11) is 0. The molecule has 2 aliphatic rings. The van der Waals surface area contributed by atoms with Crippen molar-refractivity contribution in [3.63, 3.8) is 0 Å². The third kappa shape index (κ3) is 6.26. The number of carbonyl (C=O) groups is 1. The Hall–Kier alpha value is -2.75. The third-order valence-electron chi connectivity index (χ3n) is 7.60. The normalized spacial score (nSPS) is 18.9. The minimum absolute atomic E-state index is 0. The van der Waals surface area contributed by atoms with Gasteiger partial charge in [0.25, 0.3) is 0 Å². The Morgan fingerprint density at radius 1 is 1.10 bits per heavy atom. The molecule has 7 nitrogen and oxygen atoms in total. The van der Waals surface area contributed by atoms with Crippen LogP contribution in [-0.4, -0.2) is 51.3 Å². The highest BCUT2D eigenvalue weighted by Crippen LogP contribution is 2.31. The predicted molar refractivity (Wildman–Crippen MR) is 161 cm³/mol. The highest BCUT2D eigenvalue weighted by atomic mass is 35.5. The highest BCUT2D eigenvalue weighted by Gasteiger charge is 2.27. The molecule has 3 heterocycles. The van der Waals surface area contributed by atoms with E-state index < -0.39 is 5.97 Å². The molecule has 10 heteroatoms. The number of carboxylic acid groups (broad SMARTS) is 1. The van der Waals surface area contributed by atoms with E-state index >= 15 is 0 Å². The molecule has 0 radical (unpaired) electrons. The molecule has 2 fully saturated rings. The number of hydrogen-bond acceptors (Lipinski definition) is 5. The average molecular weight is 601 g/mol. The van der Waals surface area contributed by atoms with E-state index in [1.807, 2.05) is 0 Å². The molecule has 6 rings (SSSR count). The van der Waals surface area contributed by atoms with Gasteiger partial charge in [0.05, 0.1) is 40.8 Å². The second-order valence-corrected chi connectivity index (χ2v) is 11.1. The minimum Gasteiger partial charge on any atom is -0.487 e. The van der Waals surface area contributed by atoms with Crippen LogP contribution in [0, 0.1) is 0 Å². The number of nitrogens with zero attached hydrogens (tertiary/aromatic N) is 3. The third-order valence-corrected chi connectivity index (χ3v) is 8.13. The van der Waals surface area contributed by atoms with Crippen molar-refractivity contribution in [2.75, 3.05) is 19.7 Å². The van der Waals surface area contributed by atoms with Crippen molar-refractivity contribution in [1.29, 1.82) is 0 Å². The molecule has 1 aromatic heterocycles. The monoisotopic (exact) mass is 599 g/mol. The number of benzene rings is 3. The van der Waals surface area contributed by atoms with Crippen LogP contribution in [-0.2, 0) is 24.4 Å². The first-order valence-electron chi connectivity index (χ1n) is 13.2. The molecule has 2 unspecified atom stereocenters. The molecular weight excluding hydrogens is 569 g/mol. The zero-order valence-corrected chi connectivity index (χ0v) is 24.4. The number of aromatic nitrogens is 2. The van der Waals surface area contributed by atoms with Gasteiger partial charge in [-0.1, -0.05) is 47.5 Å². The lowest BCUT2D eigenvalue weighted by Gasteiger charge is -2.28. The van der Waals surface area contributed by atoms with E-state index in [0.717, 1.165) is 55.0 Å². The molecule has 2 atom stereocenters. The summed E-state index contributed by atoms with van der Waals surface area (Å²) in [4.78, 5) is 18.9. The molecular formula is C30H31Cl2N3O4S. The number of carboxylic acids is 1. The quantitative estimate of drug-likeness (QED) is 0.236. The fourth-order valence-corrected chi connectivity index (χ4v) is 5.86. The molecule has 4 aromatic rings. The average Bonchev–Trinajstić information content (AvgIpc) is 3.50. The summed E-state index contributed by atoms with van der Waals surface area (Å²) in [5, 5.41) is 10.6. The Morgan fingerprint density at radius 2 is 1.95 bits per heavy atom. The van der Waals surface area contributed by atoms with Gasteiger partial charge in [-0.25, -0.2) is 9.78 Å². The van der Waals surface area contributed by atoms with Crippen LogP contribution in [0.3, 0.4) is 0 Å². The van der Waals surface area contributed by atoms with Gasteiger partial charge >= 0.3 is 5.97 Å². The minimum atomic E-state index is -0.933. The summed E-state index contributed by atoms with van der Waals surface area (Å²) in [6.07, 6.45) is 2.21. The summed E-state index contributed by atoms with van der Waals surface area (Å²) in [5.41, 5.74) is 4.33. The van der Waals surface area contributed by atoms with Gasteiger partial charge in [-0.2, -0.15) is 13.5 Å². The fourth-order valence-electron chi connectivity index (χ4n) is 5.40. The first-order valence-corrected chi connectivity index (χ1v) is 13.9. The SMILES string of the molecule is O=C(O)c1ccc2nc(CN3CCC(c4cccc(COc5ccc(Cl)cc5Cl)c4)C3)n(CC3CCO3)c2c1.S. The summed E-state index contributed by atoms with van der Waals surface area (Å²) in [6, 6.07) is 18.9. The highest BCUT2D eigenvalue weighted by molar-refractivity contribution is 7.59. The zero-order valence-electron chi connectivity index (χ0n) is 21.9. The number of hydrogen-bond donors (Lipinski definition) is 1. The van der Waals surface area contributed by atoms with Gasteiger partial charge in [-0.05, 0) is 72.8 Å². The van der Waals surface area contributed by atoms with Crippen molar-refractivity contribution in [2.45, 2.75) is 44.6 Å². The Labute approximate surface area is 250 Å². The number of imidazole rings is 1. The first kappa shape index (κ1) is 28.8. The number of fused-ring (bicyclic) bond motifs is 1. The van der Waals surface area contributed by atoms with Crippen LogP contribution in [0.5, 0.6) is 5.75 Å². The van der Waals surface area contributed by atoms with E-state index in [-0.39, 0.29) is 25.2 Å². The van der Waals surface area contributed by atoms with Gasteiger partial charge in [0.1, 0.15) is 18.2 Å². The second kappa shape index (κ2) is 12.4. The molecule has 3 aromatic carbocycles. The van der Waals surface area contributed by atoms with Crippen LogP contribution in [0.4, 0.5) is 0 Å². The zero-order chi connectivity index (χ0) is 26.9. The van der Waals surface area contributed by atoms with Crippen molar-refractivity contribution in [1.82, 2.24) is 14.5 Å². The Bertz CT molecular complexity index is 1520. The summed E-state index contributed by atoms with van der Waals surface area (Å²) >= 11 is 12.2. The standard InChI is InChI=1S/C30H29Cl2N3O4.H2S/c31-23-5-7-28(25(32)14-23)39-18-19-2-1-3-20(12-19)22-8-10-34(15-22)17-29-33-26-6-4-21(30(36)37)13-27(26)35(29)16-24-9-11-38-24;/h1-7,12-14,22,24H,8-11,15-18H2,(H,36,37);1H2. The molecule has 1 N–H and O–H groups in total. The number of ether oxygens (including phenoxy) is 2. The van der Waals surface area contributed by atoms with E-state index in [2.05, 4.69) is 33.7 Å². The molecule has 0 aliphatic carbocycles. The fraction of sp³-hybridized carbons (Fsp3) is 0.333. The van der Waals surface area contributed by atoms with Crippen molar-refractivity contribution in [2.24, 2.45) is 0 Å². The lowest BCUT2D eigenvalue weighted by Crippen LogP contribution is -2.32. The van der Waals surface area contributed by atoms with E-state index in [0.29, 0.717) is 41.4 Å². The lowest BCUT2D eigenvalue weighted by atomic mass is 9.97. The Balaban J connectivity index is 0.00000323. The van der Waals surface area contributed by atoms with Crippen molar-refractivity contribution in [3.8, 4) is 5.75 Å². The Morgan fingerprint density at radius 3 is 2.70 bits per heavy atom. The van der Waals surface area contributed by atoms with Crippen LogP contribution in [0.15, 0.2) is 60.7 Å². The van der Waals surface area contributed by atoms with Crippen LogP contribution >= 0.6 is 36.7 Å². The largest absolute Gasteiger partial charge is 0.487 e. The van der Waals surface area contributed by atoms with Gasteiger partial charge in [0, 0.05) is 18.2 Å². The predicted octanol–water partition coefficient (Wildman–Crippen LogP) is 6.51. The second-order valence-electron chi connectivity index (χ2n) is 10.3. The number of aromatic carboxylic acids is 1. The maximum absolute atomic E-state index is 11.6. The van der Waals surface area contributed by atoms with Gasteiger partial charge in [-0.3, -0.25) is 4.90 Å². The summed E-state index contributed by atoms with van der Waals surface area (Å²) in [5.74, 6) is 1.04. The summed E-state index contributed by atoms with van der Waals surface area (Å²) < 4.78 is 13.8. The van der Waals surface area contributed by atoms with E-state index in [1.54, 1.807) is 36.4 Å². The van der Waals surface area contributed by atoms with Crippen LogP contribution in [0.1, 0.15) is 46.1 Å². The van der Waals surface area contributed by atoms with Crippen LogP contribution in [0.2, 0.25) is 10.0 Å². The molecule has 0 bridgehead atoms. The molecule has 2 saturated heterocycles. The van der Waals surface area contributed by atoms with E-state index in [9.17, 15) is 9.90 Å². The van der Waals surface area contributed by atoms with Crippen molar-refractivity contribution < 1.29 is 19.4 Å². The van der Waals surface area contributed by atoms with E-state index in [4.69, 9.17) is 37.7 Å². The topological polar surface area (TPSA) is 76.8 Å². The Kier molecular flexibility index (Phi) is 8.92. The van der Waals surface area contributed by atoms with Crippen LogP contribution in [0.25, 0.3) is 11.0 Å². The van der Waals surface area contributed by atoms with Crippen molar-refractivity contribution >= 4 is 53.7 Å². The first-order chi connectivity index (χ1) is 18.9. The molecule has 0 saturated carbocycles. The van der Waals surface area contributed by atoms with Gasteiger partial charge in [0.2, 0.25) is 0 Å². The number of rotatable bonds is 9. The maximum atomic E-state index is 11.6. The molecule has 40 heavy (non-hydrogen) atoms. The van der Waals surface area contributed by atoms with Crippen LogP contribution < -0.4 is 4.74 Å². The smallest absolute Gasteiger partial charge is 0.335 e. The van der Waals surface area contributed by atoms with Crippen molar-refractivity contribution in [3.05, 3.63) is 93.2 Å². The van der Waals surface area contributed by atoms with Gasteiger partial charge in [-0.15, -0.1) is 0 Å². The maximum Gasteiger partial charge on any atom is 0.335 e. The van der Waals surface area contributed by atoms with Gasteiger partial charge in [0.15, 0.2) is 0 Å². The lowest BCUT2D eigenvalue weighted by molar-refractivity contribution is -0.0591. The molecule has 0 amide bonds. The molecule has 210 valence electrons. The van der Waals surface area contributed by atoms with Gasteiger partial charge < -0.3 is 19.1 Å². The number of likely N-dealkylation sites (tertiary alicyclic amines) is 1. The van der Waals surface area contributed by atoms with E-state index in [1.165, 1.54) is 5.56 Å². The molecule has 2 aliphatic heterocycles. The summed E-state index contributed by atoms with van der Waals surface area (Å²) in [6.45, 7) is 4.49.